The molecule has 1 aromatic carbocycles. The molecular weight excluding hydrogens is 325 g/mol. The Balaban J connectivity index is 1.97. The average Bonchev–Trinajstić information content (AvgIpc) is 2.93. The van der Waals surface area contributed by atoms with E-state index in [2.05, 4.69) is 5.32 Å². The molecule has 2 rings (SSSR count). The zero-order chi connectivity index (χ0) is 16.1. The fourth-order valence-electron chi connectivity index (χ4n) is 2.84. The Morgan fingerprint density at radius 1 is 1.27 bits per heavy atom. The molecule has 1 saturated carbocycles. The van der Waals surface area contributed by atoms with Gasteiger partial charge in [0, 0.05) is 22.9 Å². The molecule has 6 heteroatoms. The molecule has 0 saturated heterocycles. The summed E-state index contributed by atoms with van der Waals surface area (Å²) in [7, 11) is 0. The van der Waals surface area contributed by atoms with Gasteiger partial charge < -0.3 is 10.4 Å². The van der Waals surface area contributed by atoms with E-state index in [1.54, 1.807) is 18.2 Å². The minimum atomic E-state index is -1.06. The number of carboxylic acids is 1. The third-order valence-corrected chi connectivity index (χ3v) is 4.61. The lowest BCUT2D eigenvalue weighted by molar-refractivity contribution is -0.141. The summed E-state index contributed by atoms with van der Waals surface area (Å²) in [6, 6.07) is 3.93. The quantitative estimate of drug-likeness (QED) is 0.827. The van der Waals surface area contributed by atoms with E-state index in [9.17, 15) is 14.7 Å². The second kappa shape index (κ2) is 7.84. The Bertz CT molecular complexity index is 556. The van der Waals surface area contributed by atoms with Gasteiger partial charge in [0.25, 0.3) is 0 Å². The van der Waals surface area contributed by atoms with Gasteiger partial charge in [0.15, 0.2) is 0 Å². The summed E-state index contributed by atoms with van der Waals surface area (Å²) in [5, 5.41) is 12.8. The van der Waals surface area contributed by atoms with Crippen LogP contribution in [0.2, 0.25) is 10.0 Å². The van der Waals surface area contributed by atoms with Crippen molar-refractivity contribution in [2.45, 2.75) is 44.6 Å². The van der Waals surface area contributed by atoms with Crippen LogP contribution in [-0.4, -0.2) is 23.0 Å². The van der Waals surface area contributed by atoms with Crippen LogP contribution in [0.4, 0.5) is 0 Å². The summed E-state index contributed by atoms with van der Waals surface area (Å²) in [6.45, 7) is 0. The van der Waals surface area contributed by atoms with Crippen LogP contribution in [0, 0.1) is 5.92 Å². The molecule has 1 atom stereocenters. The Morgan fingerprint density at radius 3 is 2.55 bits per heavy atom. The van der Waals surface area contributed by atoms with Crippen LogP contribution in [0.15, 0.2) is 18.2 Å². The summed E-state index contributed by atoms with van der Waals surface area (Å²) >= 11 is 11.9. The predicted molar refractivity (Wildman–Crippen MR) is 86.3 cm³/mol. The van der Waals surface area contributed by atoms with Gasteiger partial charge in [-0.05, 0) is 36.5 Å². The first kappa shape index (κ1) is 17.1. The van der Waals surface area contributed by atoms with E-state index in [1.165, 1.54) is 0 Å². The lowest BCUT2D eigenvalue weighted by atomic mass is 10.0. The van der Waals surface area contributed by atoms with Crippen LogP contribution in [0.1, 0.15) is 37.7 Å². The summed E-state index contributed by atoms with van der Waals surface area (Å²) in [4.78, 5) is 23.4. The van der Waals surface area contributed by atoms with Crippen molar-refractivity contribution in [2.75, 3.05) is 0 Å². The molecule has 2 N–H and O–H groups in total. The zero-order valence-electron chi connectivity index (χ0n) is 12.1. The molecule has 1 aliphatic rings. The van der Waals surface area contributed by atoms with Crippen LogP contribution < -0.4 is 5.32 Å². The molecule has 0 spiro atoms. The van der Waals surface area contributed by atoms with E-state index < -0.39 is 12.0 Å². The van der Waals surface area contributed by atoms with Gasteiger partial charge >= 0.3 is 5.97 Å². The van der Waals surface area contributed by atoms with Crippen molar-refractivity contribution >= 4 is 35.1 Å². The van der Waals surface area contributed by atoms with E-state index in [4.69, 9.17) is 23.2 Å². The Kier molecular flexibility index (Phi) is 6.09. The highest BCUT2D eigenvalue weighted by molar-refractivity contribution is 6.35. The number of carbonyl (C=O) groups excluding carboxylic acids is 1. The van der Waals surface area contributed by atoms with Crippen molar-refractivity contribution < 1.29 is 14.7 Å². The van der Waals surface area contributed by atoms with Crippen molar-refractivity contribution in [1.29, 1.82) is 0 Å². The molecule has 1 amide bonds. The summed E-state index contributed by atoms with van der Waals surface area (Å²) in [5.74, 6) is -0.885. The van der Waals surface area contributed by atoms with E-state index in [1.807, 2.05) is 0 Å². The van der Waals surface area contributed by atoms with Gasteiger partial charge in [-0.3, -0.25) is 4.79 Å². The maximum Gasteiger partial charge on any atom is 0.326 e. The van der Waals surface area contributed by atoms with Crippen molar-refractivity contribution in [1.82, 2.24) is 5.32 Å². The van der Waals surface area contributed by atoms with Gasteiger partial charge in [-0.25, -0.2) is 4.79 Å². The molecule has 1 fully saturated rings. The highest BCUT2D eigenvalue weighted by Crippen LogP contribution is 2.27. The number of amides is 1. The fraction of sp³-hybridized carbons (Fsp3) is 0.500. The van der Waals surface area contributed by atoms with Gasteiger partial charge in [0.2, 0.25) is 5.91 Å². The first-order valence-electron chi connectivity index (χ1n) is 7.42. The van der Waals surface area contributed by atoms with Gasteiger partial charge in [0.1, 0.15) is 6.04 Å². The van der Waals surface area contributed by atoms with Crippen molar-refractivity contribution in [3.63, 3.8) is 0 Å². The maximum atomic E-state index is 12.0. The predicted octanol–water partition coefficient (Wildman–Crippen LogP) is 3.69. The normalized spacial score (nSPS) is 16.5. The largest absolute Gasteiger partial charge is 0.480 e. The fourth-order valence-corrected chi connectivity index (χ4v) is 3.32. The highest BCUT2D eigenvalue weighted by Gasteiger charge is 2.24. The second-order valence-electron chi connectivity index (χ2n) is 5.75. The molecule has 0 radical (unpaired) electrons. The van der Waals surface area contributed by atoms with E-state index in [0.29, 0.717) is 27.9 Å². The molecule has 22 heavy (non-hydrogen) atoms. The number of rotatable bonds is 6. The number of benzene rings is 1. The molecule has 1 aliphatic carbocycles. The number of carbonyl (C=O) groups is 2. The number of carboxylic acid groups (broad SMARTS) is 1. The SMILES string of the molecule is O=C(CC1CCCC1)N[C@H](Cc1ccc(Cl)cc1Cl)C(=O)O. The summed E-state index contributed by atoms with van der Waals surface area (Å²) < 4.78 is 0. The maximum absolute atomic E-state index is 12.0. The van der Waals surface area contributed by atoms with Crippen molar-refractivity contribution in [2.24, 2.45) is 5.92 Å². The molecule has 0 heterocycles. The van der Waals surface area contributed by atoms with E-state index in [-0.39, 0.29) is 12.3 Å². The highest BCUT2D eigenvalue weighted by atomic mass is 35.5. The second-order valence-corrected chi connectivity index (χ2v) is 6.60. The Labute approximate surface area is 139 Å². The molecule has 0 bridgehead atoms. The monoisotopic (exact) mass is 343 g/mol. The average molecular weight is 344 g/mol. The Hall–Kier alpha value is -1.26. The van der Waals surface area contributed by atoms with Gasteiger partial charge in [-0.2, -0.15) is 0 Å². The van der Waals surface area contributed by atoms with Crippen LogP contribution in [-0.2, 0) is 16.0 Å². The third-order valence-electron chi connectivity index (χ3n) is 4.02. The summed E-state index contributed by atoms with van der Waals surface area (Å²) in [5.41, 5.74) is 0.652. The third kappa shape index (κ3) is 4.89. The molecule has 1 aromatic rings. The van der Waals surface area contributed by atoms with E-state index in [0.717, 1.165) is 25.7 Å². The van der Waals surface area contributed by atoms with Gasteiger partial charge in [-0.15, -0.1) is 0 Å². The minimum Gasteiger partial charge on any atom is -0.480 e. The van der Waals surface area contributed by atoms with Crippen LogP contribution in [0.25, 0.3) is 0 Å². The Morgan fingerprint density at radius 2 is 1.95 bits per heavy atom. The van der Waals surface area contributed by atoms with Crippen molar-refractivity contribution in [3.8, 4) is 0 Å². The number of nitrogens with one attached hydrogen (secondary N) is 1. The van der Waals surface area contributed by atoms with Gasteiger partial charge in [-0.1, -0.05) is 42.1 Å². The molecule has 120 valence electrons. The number of hydrogen-bond donors (Lipinski definition) is 2. The topological polar surface area (TPSA) is 66.4 Å². The number of halogens is 2. The van der Waals surface area contributed by atoms with Crippen LogP contribution in [0.3, 0.4) is 0 Å². The molecular formula is C16H19Cl2NO3. The minimum absolute atomic E-state index is 0.141. The zero-order valence-corrected chi connectivity index (χ0v) is 13.7. The van der Waals surface area contributed by atoms with Crippen LogP contribution in [0.5, 0.6) is 0 Å². The molecule has 4 nitrogen and oxygen atoms in total. The van der Waals surface area contributed by atoms with E-state index >= 15 is 0 Å². The standard InChI is InChI=1S/C16H19Cl2NO3/c17-12-6-5-11(13(18)9-12)8-14(16(21)22)19-15(20)7-10-3-1-2-4-10/h5-6,9-10,14H,1-4,7-8H2,(H,19,20)(H,21,22)/t14-/m1/s1. The number of hydrogen-bond acceptors (Lipinski definition) is 2. The molecule has 0 unspecified atom stereocenters. The number of aliphatic carboxylic acids is 1. The van der Waals surface area contributed by atoms with Crippen LogP contribution >= 0.6 is 23.2 Å². The smallest absolute Gasteiger partial charge is 0.326 e. The summed E-state index contributed by atoms with van der Waals surface area (Å²) in [6.07, 6.45) is 4.95. The lowest BCUT2D eigenvalue weighted by Gasteiger charge is -2.17. The first-order valence-corrected chi connectivity index (χ1v) is 8.17. The van der Waals surface area contributed by atoms with Crippen molar-refractivity contribution in [3.05, 3.63) is 33.8 Å². The first-order chi connectivity index (χ1) is 10.5. The van der Waals surface area contributed by atoms with Gasteiger partial charge in [0.05, 0.1) is 0 Å². The molecule has 0 aromatic heterocycles. The molecule has 0 aliphatic heterocycles. The lowest BCUT2D eigenvalue weighted by Crippen LogP contribution is -2.42.